The smallest absolute Gasteiger partial charge is 0.272 e. The van der Waals surface area contributed by atoms with Crippen LogP contribution in [0.5, 0.6) is 0 Å². The van der Waals surface area contributed by atoms with E-state index in [4.69, 9.17) is 0 Å². The number of rotatable bonds is 8. The first-order valence-electron chi connectivity index (χ1n) is 8.97. The van der Waals surface area contributed by atoms with Crippen molar-refractivity contribution < 1.29 is 4.79 Å². The van der Waals surface area contributed by atoms with Gasteiger partial charge in [-0.1, -0.05) is 43.7 Å². The molecule has 25 heavy (non-hydrogen) atoms. The van der Waals surface area contributed by atoms with Gasteiger partial charge >= 0.3 is 0 Å². The van der Waals surface area contributed by atoms with Gasteiger partial charge in [0, 0.05) is 25.7 Å². The number of amides is 1. The van der Waals surface area contributed by atoms with Gasteiger partial charge < -0.3 is 10.2 Å². The third kappa shape index (κ3) is 5.55. The van der Waals surface area contributed by atoms with Crippen molar-refractivity contribution in [2.45, 2.75) is 47.1 Å². The fourth-order valence-electron chi connectivity index (χ4n) is 2.80. The average Bonchev–Trinajstić information content (AvgIpc) is 2.59. The summed E-state index contributed by atoms with van der Waals surface area (Å²) in [5, 5.41) is 3.31. The van der Waals surface area contributed by atoms with Gasteiger partial charge in [-0.25, -0.2) is 9.97 Å². The van der Waals surface area contributed by atoms with Crippen molar-refractivity contribution in [3.63, 3.8) is 0 Å². The quantitative estimate of drug-likeness (QED) is 0.790. The van der Waals surface area contributed by atoms with E-state index in [0.29, 0.717) is 23.9 Å². The van der Waals surface area contributed by atoms with Crippen LogP contribution >= 0.6 is 0 Å². The van der Waals surface area contributed by atoms with E-state index in [9.17, 15) is 4.79 Å². The molecule has 0 saturated carbocycles. The summed E-state index contributed by atoms with van der Waals surface area (Å²) in [5.74, 6) is 1.27. The van der Waals surface area contributed by atoms with Crippen LogP contribution in [0.1, 0.15) is 54.1 Å². The third-order valence-corrected chi connectivity index (χ3v) is 3.89. The summed E-state index contributed by atoms with van der Waals surface area (Å²) in [4.78, 5) is 23.4. The molecule has 0 spiro atoms. The maximum atomic E-state index is 12.8. The molecular weight excluding hydrogens is 312 g/mol. The molecule has 0 aliphatic rings. The predicted octanol–water partition coefficient (Wildman–Crippen LogP) is 3.97. The minimum absolute atomic E-state index is 0.0206. The van der Waals surface area contributed by atoms with E-state index in [1.54, 1.807) is 6.07 Å². The van der Waals surface area contributed by atoms with Gasteiger partial charge in [-0.3, -0.25) is 4.79 Å². The Bertz CT molecular complexity index is 709. The van der Waals surface area contributed by atoms with Crippen LogP contribution in [-0.4, -0.2) is 33.9 Å². The molecule has 2 rings (SSSR count). The monoisotopic (exact) mass is 340 g/mol. The Morgan fingerprint density at radius 1 is 1.08 bits per heavy atom. The molecule has 1 heterocycles. The zero-order chi connectivity index (χ0) is 18.2. The number of benzene rings is 1. The lowest BCUT2D eigenvalue weighted by atomic mass is 10.1. The number of carbonyl (C=O) groups is 1. The number of aromatic nitrogens is 2. The number of anilines is 1. The third-order valence-electron chi connectivity index (χ3n) is 3.89. The zero-order valence-corrected chi connectivity index (χ0v) is 15.7. The highest BCUT2D eigenvalue weighted by Crippen LogP contribution is 2.12. The van der Waals surface area contributed by atoms with Gasteiger partial charge in [0.2, 0.25) is 0 Å². The van der Waals surface area contributed by atoms with Crippen LogP contribution in [0.15, 0.2) is 30.3 Å². The van der Waals surface area contributed by atoms with Crippen molar-refractivity contribution in [1.29, 1.82) is 0 Å². The molecule has 0 unspecified atom stereocenters. The topological polar surface area (TPSA) is 58.1 Å². The number of aryl methyl sites for hydroxylation is 2. The molecule has 0 bridgehead atoms. The number of hydrogen-bond donors (Lipinski definition) is 1. The van der Waals surface area contributed by atoms with E-state index in [1.807, 2.05) is 17.9 Å². The molecule has 134 valence electrons. The standard InChI is InChI=1S/C20H28N4O/c1-5-10-24(11-6-2)20(25)18-13-19(23-16(4)22-18)21-14-17-9-7-8-15(3)12-17/h7-9,12-13H,5-6,10-11,14H2,1-4H3,(H,21,22,23). The number of nitrogens with one attached hydrogen (secondary N) is 1. The highest BCUT2D eigenvalue weighted by molar-refractivity contribution is 5.93. The molecule has 1 N–H and O–H groups in total. The van der Waals surface area contributed by atoms with Crippen LogP contribution in [0.2, 0.25) is 0 Å². The minimum atomic E-state index is -0.0206. The van der Waals surface area contributed by atoms with Gasteiger partial charge in [0.1, 0.15) is 17.3 Å². The lowest BCUT2D eigenvalue weighted by molar-refractivity contribution is 0.0749. The van der Waals surface area contributed by atoms with Crippen LogP contribution in [-0.2, 0) is 6.54 Å². The molecule has 1 aromatic heterocycles. The number of nitrogens with zero attached hydrogens (tertiary/aromatic N) is 3. The Morgan fingerprint density at radius 3 is 2.44 bits per heavy atom. The molecule has 0 radical (unpaired) electrons. The average molecular weight is 340 g/mol. The first kappa shape index (κ1) is 18.9. The van der Waals surface area contributed by atoms with Crippen molar-refractivity contribution in [3.8, 4) is 0 Å². The van der Waals surface area contributed by atoms with E-state index in [1.165, 1.54) is 11.1 Å². The van der Waals surface area contributed by atoms with E-state index in [2.05, 4.69) is 54.3 Å². The van der Waals surface area contributed by atoms with E-state index in [0.717, 1.165) is 25.9 Å². The van der Waals surface area contributed by atoms with Gasteiger partial charge in [-0.15, -0.1) is 0 Å². The molecule has 0 aliphatic carbocycles. The van der Waals surface area contributed by atoms with Crippen LogP contribution in [0, 0.1) is 13.8 Å². The maximum Gasteiger partial charge on any atom is 0.272 e. The minimum Gasteiger partial charge on any atom is -0.366 e. The van der Waals surface area contributed by atoms with Crippen LogP contribution < -0.4 is 5.32 Å². The summed E-state index contributed by atoms with van der Waals surface area (Å²) in [7, 11) is 0. The summed E-state index contributed by atoms with van der Waals surface area (Å²) in [6.45, 7) is 10.2. The number of carbonyl (C=O) groups excluding carboxylic acids is 1. The van der Waals surface area contributed by atoms with Gasteiger partial charge in [-0.2, -0.15) is 0 Å². The summed E-state index contributed by atoms with van der Waals surface area (Å²) in [5.41, 5.74) is 2.87. The Kier molecular flexibility index (Phi) is 6.92. The second-order valence-electron chi connectivity index (χ2n) is 6.32. The maximum absolute atomic E-state index is 12.8. The van der Waals surface area contributed by atoms with Crippen molar-refractivity contribution in [2.75, 3.05) is 18.4 Å². The fourth-order valence-corrected chi connectivity index (χ4v) is 2.80. The zero-order valence-electron chi connectivity index (χ0n) is 15.7. The first-order chi connectivity index (χ1) is 12.0. The normalized spacial score (nSPS) is 10.6. The van der Waals surface area contributed by atoms with E-state index < -0.39 is 0 Å². The van der Waals surface area contributed by atoms with E-state index >= 15 is 0 Å². The molecular formula is C20H28N4O. The molecule has 0 saturated heterocycles. The largest absolute Gasteiger partial charge is 0.366 e. The van der Waals surface area contributed by atoms with E-state index in [-0.39, 0.29) is 5.91 Å². The Hall–Kier alpha value is -2.43. The van der Waals surface area contributed by atoms with Crippen molar-refractivity contribution in [3.05, 3.63) is 53.0 Å². The molecule has 0 fully saturated rings. The van der Waals surface area contributed by atoms with Crippen LogP contribution in [0.25, 0.3) is 0 Å². The van der Waals surface area contributed by atoms with Crippen molar-refractivity contribution in [2.24, 2.45) is 0 Å². The lowest BCUT2D eigenvalue weighted by Crippen LogP contribution is -2.33. The summed E-state index contributed by atoms with van der Waals surface area (Å²) < 4.78 is 0. The SMILES string of the molecule is CCCN(CCC)C(=O)c1cc(NCc2cccc(C)c2)nc(C)n1. The first-order valence-corrected chi connectivity index (χ1v) is 8.97. The second kappa shape index (κ2) is 9.16. The predicted molar refractivity (Wildman–Crippen MR) is 102 cm³/mol. The second-order valence-corrected chi connectivity index (χ2v) is 6.32. The van der Waals surface area contributed by atoms with Gasteiger partial charge in [-0.05, 0) is 32.3 Å². The van der Waals surface area contributed by atoms with Crippen LogP contribution in [0.4, 0.5) is 5.82 Å². The highest BCUT2D eigenvalue weighted by Gasteiger charge is 2.17. The van der Waals surface area contributed by atoms with Crippen molar-refractivity contribution in [1.82, 2.24) is 14.9 Å². The molecule has 0 atom stereocenters. The molecule has 5 heteroatoms. The number of hydrogen-bond acceptors (Lipinski definition) is 4. The van der Waals surface area contributed by atoms with Crippen LogP contribution in [0.3, 0.4) is 0 Å². The molecule has 2 aromatic rings. The summed E-state index contributed by atoms with van der Waals surface area (Å²) >= 11 is 0. The lowest BCUT2D eigenvalue weighted by Gasteiger charge is -2.21. The Balaban J connectivity index is 2.14. The molecule has 1 amide bonds. The molecule has 1 aromatic carbocycles. The van der Waals surface area contributed by atoms with Crippen molar-refractivity contribution >= 4 is 11.7 Å². The van der Waals surface area contributed by atoms with Gasteiger partial charge in [0.15, 0.2) is 0 Å². The highest BCUT2D eigenvalue weighted by atomic mass is 16.2. The summed E-state index contributed by atoms with van der Waals surface area (Å²) in [6, 6.07) is 10.1. The molecule has 0 aliphatic heterocycles. The Labute approximate surface area is 150 Å². The van der Waals surface area contributed by atoms with Gasteiger partial charge in [0.05, 0.1) is 0 Å². The van der Waals surface area contributed by atoms with Gasteiger partial charge in [0.25, 0.3) is 5.91 Å². The molecule has 5 nitrogen and oxygen atoms in total. The fraction of sp³-hybridized carbons (Fsp3) is 0.450. The summed E-state index contributed by atoms with van der Waals surface area (Å²) in [6.07, 6.45) is 1.88. The Morgan fingerprint density at radius 2 is 1.80 bits per heavy atom.